The van der Waals surface area contributed by atoms with Crippen LogP contribution in [0.5, 0.6) is 0 Å². The molecule has 0 spiro atoms. The maximum Gasteiger partial charge on any atom is 0.311 e. The number of cyclic esters (lactones) is 1. The highest BCUT2D eigenvalue weighted by molar-refractivity contribution is 5.81. The zero-order valence-corrected chi connectivity index (χ0v) is 31.5. The highest BCUT2D eigenvalue weighted by Gasteiger charge is 2.43. The van der Waals surface area contributed by atoms with E-state index in [4.69, 9.17) is 19.9 Å². The van der Waals surface area contributed by atoms with Crippen LogP contribution in [0.2, 0.25) is 0 Å². The van der Waals surface area contributed by atoms with Crippen LogP contribution in [0.15, 0.2) is 48.6 Å². The Morgan fingerprint density at radius 3 is 2.17 bits per heavy atom. The predicted molar refractivity (Wildman–Crippen MR) is 196 cm³/mol. The molecule has 1 saturated heterocycles. The van der Waals surface area contributed by atoms with E-state index in [1.165, 1.54) is 13.0 Å². The smallest absolute Gasteiger partial charge is 0.311 e. The van der Waals surface area contributed by atoms with Crippen LogP contribution in [0.1, 0.15) is 91.4 Å². The zero-order chi connectivity index (χ0) is 40.4. The molecule has 0 bridgehead atoms. The lowest BCUT2D eigenvalue weighted by Gasteiger charge is -2.41. The van der Waals surface area contributed by atoms with Crippen LogP contribution in [0.25, 0.3) is 0 Å². The number of aliphatic hydroxyl groups excluding tert-OH is 6. The van der Waals surface area contributed by atoms with Gasteiger partial charge in [0, 0.05) is 38.5 Å². The van der Waals surface area contributed by atoms with Crippen molar-refractivity contribution in [3.05, 3.63) is 48.6 Å². The lowest BCUT2D eigenvalue weighted by Crippen LogP contribution is -2.61. The molecule has 2 heterocycles. The fourth-order valence-corrected chi connectivity index (χ4v) is 6.47. The first-order chi connectivity index (χ1) is 25.6. The Kier molecular flexibility index (Phi) is 21.3. The van der Waals surface area contributed by atoms with Crippen LogP contribution < -0.4 is 5.73 Å². The number of carbonyl (C=O) groups excluding carboxylic acids is 3. The number of aliphatic hydroxyl groups is 6. The molecule has 2 rings (SSSR count). The van der Waals surface area contributed by atoms with Crippen molar-refractivity contribution in [3.8, 4) is 0 Å². The molecule has 0 aromatic heterocycles. The standard InChI is InChI=1S/C39H61NO14/c1-4-14-27-17-11-9-7-6-8-10-12-18-28(54-39-36(48)34(40)35(47)23(3)52-39)22-32(46)33(37(49)50)31(45)21-26(43)19-24(41)15-13-16-25(42)20-30(44)29(5-2)38(51)53-27/h6-12,18,23-24,27-36,39,41,44-48H,4-5,13-17,19-22,40H2,1-3H3,(H,49,50)/b7-6+,10-8+,11-9+,18-12+. The summed E-state index contributed by atoms with van der Waals surface area (Å²) < 4.78 is 17.2. The maximum atomic E-state index is 13.0. The zero-order valence-electron chi connectivity index (χ0n) is 31.5. The van der Waals surface area contributed by atoms with E-state index in [1.807, 2.05) is 13.0 Å². The van der Waals surface area contributed by atoms with Crippen LogP contribution in [-0.4, -0.2) is 127 Å². The summed E-state index contributed by atoms with van der Waals surface area (Å²) in [5.74, 6) is -5.91. The summed E-state index contributed by atoms with van der Waals surface area (Å²) in [6.07, 6.45) is 1.33. The number of allylic oxidation sites excluding steroid dienone is 6. The van der Waals surface area contributed by atoms with Crippen molar-refractivity contribution in [1.29, 1.82) is 0 Å². The summed E-state index contributed by atoms with van der Waals surface area (Å²) in [7, 11) is 0. The Hall–Kier alpha value is -3.12. The highest BCUT2D eigenvalue weighted by atomic mass is 16.7. The number of hydrogen-bond acceptors (Lipinski definition) is 14. The SMILES string of the molecule is CCCC1C/C=C/C=C/C=C/C=C/C(OC2OC(C)C(O)C(N)C2O)CC(O)C(C(=O)O)C(O)CC(=O)CC(O)CCCC(=O)CC(O)C(CC)C(=O)O1. The van der Waals surface area contributed by atoms with Gasteiger partial charge in [0.05, 0.1) is 54.7 Å². The molecule has 0 aromatic rings. The van der Waals surface area contributed by atoms with Crippen LogP contribution in [0.3, 0.4) is 0 Å². The van der Waals surface area contributed by atoms with Crippen molar-refractivity contribution >= 4 is 23.5 Å². The molecule has 13 unspecified atom stereocenters. The molecule has 0 aromatic carbocycles. The van der Waals surface area contributed by atoms with Gasteiger partial charge in [0.1, 0.15) is 29.7 Å². The minimum Gasteiger partial charge on any atom is -0.481 e. The fraction of sp³-hybridized carbons (Fsp3) is 0.692. The maximum absolute atomic E-state index is 13.0. The second-order valence-electron chi connectivity index (χ2n) is 14.2. The minimum atomic E-state index is -1.84. The molecule has 306 valence electrons. The second-order valence-corrected chi connectivity index (χ2v) is 14.2. The number of ether oxygens (including phenoxy) is 3. The van der Waals surface area contributed by atoms with Crippen molar-refractivity contribution in [1.82, 2.24) is 0 Å². The molecular weight excluding hydrogens is 706 g/mol. The molecular formula is C39H61NO14. The van der Waals surface area contributed by atoms with Gasteiger partial charge in [0.15, 0.2) is 6.29 Å². The molecule has 2 aliphatic rings. The molecule has 2 aliphatic heterocycles. The number of esters is 1. The highest BCUT2D eigenvalue weighted by Crippen LogP contribution is 2.26. The van der Waals surface area contributed by atoms with Gasteiger partial charge in [-0.3, -0.25) is 19.2 Å². The summed E-state index contributed by atoms with van der Waals surface area (Å²) in [6, 6.07) is -1.12. The van der Waals surface area contributed by atoms with Gasteiger partial charge in [-0.2, -0.15) is 0 Å². The minimum absolute atomic E-state index is 0.0261. The number of nitrogens with two attached hydrogens (primary N) is 1. The monoisotopic (exact) mass is 767 g/mol. The Balaban J connectivity index is 2.34. The third-order valence-corrected chi connectivity index (χ3v) is 9.64. The summed E-state index contributed by atoms with van der Waals surface area (Å²) in [4.78, 5) is 50.6. The Labute approximate surface area is 317 Å². The summed E-state index contributed by atoms with van der Waals surface area (Å²) in [6.45, 7) is 5.21. The van der Waals surface area contributed by atoms with Gasteiger partial charge in [-0.1, -0.05) is 68.9 Å². The number of carboxylic acid groups (broad SMARTS) is 1. The Morgan fingerprint density at radius 1 is 0.870 bits per heavy atom. The summed E-state index contributed by atoms with van der Waals surface area (Å²) in [5.41, 5.74) is 5.94. The Bertz CT molecular complexity index is 1300. The molecule has 0 radical (unpaired) electrons. The van der Waals surface area contributed by atoms with Gasteiger partial charge in [0.2, 0.25) is 0 Å². The molecule has 15 nitrogen and oxygen atoms in total. The van der Waals surface area contributed by atoms with Gasteiger partial charge >= 0.3 is 11.9 Å². The molecule has 0 saturated carbocycles. The van der Waals surface area contributed by atoms with Crippen LogP contribution in [0.4, 0.5) is 0 Å². The fourth-order valence-electron chi connectivity index (χ4n) is 6.47. The number of rotatable bonds is 6. The lowest BCUT2D eigenvalue weighted by atomic mass is 9.88. The van der Waals surface area contributed by atoms with Crippen molar-refractivity contribution < 1.29 is 69.1 Å². The van der Waals surface area contributed by atoms with Crippen molar-refractivity contribution in [3.63, 3.8) is 0 Å². The van der Waals surface area contributed by atoms with Crippen LogP contribution in [0, 0.1) is 11.8 Å². The average molecular weight is 768 g/mol. The van der Waals surface area contributed by atoms with Crippen LogP contribution in [-0.2, 0) is 33.4 Å². The number of hydrogen-bond donors (Lipinski definition) is 8. The summed E-state index contributed by atoms with van der Waals surface area (Å²) >= 11 is 0. The quantitative estimate of drug-likeness (QED) is 0.178. The van der Waals surface area contributed by atoms with E-state index in [-0.39, 0.29) is 37.9 Å². The van der Waals surface area contributed by atoms with Crippen molar-refractivity contribution in [2.24, 2.45) is 17.6 Å². The lowest BCUT2D eigenvalue weighted by molar-refractivity contribution is -0.277. The van der Waals surface area contributed by atoms with E-state index in [0.29, 0.717) is 12.8 Å². The van der Waals surface area contributed by atoms with Gasteiger partial charge in [-0.15, -0.1) is 0 Å². The number of aliphatic carboxylic acids is 1. The third-order valence-electron chi connectivity index (χ3n) is 9.64. The average Bonchev–Trinajstić information content (AvgIpc) is 3.08. The number of Topliss-reactive ketones (excluding diaryl/α,β-unsaturated/α-hetero) is 2. The molecule has 1 fully saturated rings. The van der Waals surface area contributed by atoms with E-state index in [9.17, 15) is 54.9 Å². The first kappa shape index (κ1) is 47.0. The molecule has 15 heteroatoms. The number of ketones is 2. The van der Waals surface area contributed by atoms with Crippen LogP contribution >= 0.6 is 0 Å². The van der Waals surface area contributed by atoms with Gasteiger partial charge in [-0.25, -0.2) is 0 Å². The number of carbonyl (C=O) groups is 4. The van der Waals surface area contributed by atoms with Crippen molar-refractivity contribution in [2.75, 3.05) is 0 Å². The molecule has 54 heavy (non-hydrogen) atoms. The molecule has 0 amide bonds. The first-order valence-corrected chi connectivity index (χ1v) is 18.9. The van der Waals surface area contributed by atoms with Gasteiger partial charge in [0.25, 0.3) is 0 Å². The molecule has 13 atom stereocenters. The predicted octanol–water partition coefficient (Wildman–Crippen LogP) is 1.55. The molecule has 9 N–H and O–H groups in total. The summed E-state index contributed by atoms with van der Waals surface area (Å²) in [5, 5.41) is 73.7. The number of carboxylic acids is 1. The van der Waals surface area contributed by atoms with E-state index in [1.54, 1.807) is 43.4 Å². The normalized spacial score (nSPS) is 39.0. The first-order valence-electron chi connectivity index (χ1n) is 18.9. The largest absolute Gasteiger partial charge is 0.481 e. The van der Waals surface area contributed by atoms with Gasteiger partial charge in [-0.05, 0) is 32.6 Å². The van der Waals surface area contributed by atoms with E-state index >= 15 is 0 Å². The van der Waals surface area contributed by atoms with E-state index in [0.717, 1.165) is 6.42 Å². The van der Waals surface area contributed by atoms with Gasteiger partial charge < -0.3 is 55.7 Å². The van der Waals surface area contributed by atoms with Crippen molar-refractivity contribution in [2.45, 2.75) is 159 Å². The molecule has 0 aliphatic carbocycles. The third kappa shape index (κ3) is 15.9. The van der Waals surface area contributed by atoms with E-state index in [2.05, 4.69) is 0 Å². The van der Waals surface area contributed by atoms with E-state index < -0.39 is 116 Å². The second kappa shape index (κ2) is 24.4. The Morgan fingerprint density at radius 2 is 1.52 bits per heavy atom. The topological polar surface area (TPSA) is 264 Å².